The molecule has 2 heterocycles. The van der Waals surface area contributed by atoms with Gasteiger partial charge in [-0.2, -0.15) is 0 Å². The van der Waals surface area contributed by atoms with Crippen LogP contribution in [0.25, 0.3) is 17.3 Å². The Balaban J connectivity index is 1.65. The van der Waals surface area contributed by atoms with Gasteiger partial charge in [0.15, 0.2) is 0 Å². The summed E-state index contributed by atoms with van der Waals surface area (Å²) in [5, 5.41) is 9.22. The van der Waals surface area contributed by atoms with Crippen LogP contribution in [0, 0.1) is 0 Å². The number of carbonyl (C=O) groups excluding carboxylic acids is 3. The maximum atomic E-state index is 12.8. The number of hydrogen-bond acceptors (Lipinski definition) is 5. The summed E-state index contributed by atoms with van der Waals surface area (Å²) >= 11 is 12.6. The number of aromatic amines is 1. The van der Waals surface area contributed by atoms with Gasteiger partial charge in [-0.25, -0.2) is 9.78 Å². The van der Waals surface area contributed by atoms with Gasteiger partial charge in [-0.15, -0.1) is 0 Å². The van der Waals surface area contributed by atoms with Crippen molar-refractivity contribution in [2.75, 3.05) is 17.7 Å². The molecule has 38 heavy (non-hydrogen) atoms. The summed E-state index contributed by atoms with van der Waals surface area (Å²) in [6, 6.07) is 11.6. The number of amides is 3. The molecule has 1 aliphatic heterocycles. The molecule has 0 unspecified atom stereocenters. The van der Waals surface area contributed by atoms with Crippen molar-refractivity contribution in [1.82, 2.24) is 15.3 Å². The van der Waals surface area contributed by atoms with E-state index in [-0.39, 0.29) is 23.4 Å². The minimum atomic E-state index is -0.644. The van der Waals surface area contributed by atoms with Crippen LogP contribution in [0.2, 0.25) is 10.2 Å². The summed E-state index contributed by atoms with van der Waals surface area (Å²) in [6.45, 7) is 0. The summed E-state index contributed by atoms with van der Waals surface area (Å²) in [4.78, 5) is 44.8. The Labute approximate surface area is 229 Å². The highest BCUT2D eigenvalue weighted by Gasteiger charge is 2.22. The highest BCUT2D eigenvalue weighted by atomic mass is 35.5. The molecule has 0 saturated carbocycles. The third-order valence-electron chi connectivity index (χ3n) is 5.66. The zero-order chi connectivity index (χ0) is 27.1. The number of nitrogens with zero attached hydrogens (tertiary/aromatic N) is 1. The van der Waals surface area contributed by atoms with E-state index in [1.807, 2.05) is 18.2 Å². The second-order valence-electron chi connectivity index (χ2n) is 8.41. The SMILES string of the molecule is COC(=O)Nc1ccc2c(c1)NC(=O)CC/C=C\C[C@H](NC(=O)/C=C/c1cccc(Cl)c1)c1nc-2c(Cl)[nH]1. The maximum absolute atomic E-state index is 12.8. The van der Waals surface area contributed by atoms with Crippen molar-refractivity contribution in [1.29, 1.82) is 0 Å². The van der Waals surface area contributed by atoms with Crippen LogP contribution in [0.1, 0.15) is 36.7 Å². The summed E-state index contributed by atoms with van der Waals surface area (Å²) in [6.07, 6.45) is 7.38. The van der Waals surface area contributed by atoms with Crippen LogP contribution in [-0.2, 0) is 14.3 Å². The molecule has 0 spiro atoms. The van der Waals surface area contributed by atoms with Gasteiger partial charge in [-0.05, 0) is 54.8 Å². The van der Waals surface area contributed by atoms with E-state index in [1.54, 1.807) is 42.5 Å². The number of anilines is 2. The lowest BCUT2D eigenvalue weighted by atomic mass is 10.1. The zero-order valence-corrected chi connectivity index (χ0v) is 21.9. The van der Waals surface area contributed by atoms with Gasteiger partial charge in [-0.1, -0.05) is 47.5 Å². The molecule has 1 atom stereocenters. The van der Waals surface area contributed by atoms with Crippen LogP contribution in [0.5, 0.6) is 0 Å². The van der Waals surface area contributed by atoms with Crippen LogP contribution < -0.4 is 16.0 Å². The van der Waals surface area contributed by atoms with Crippen molar-refractivity contribution in [3.05, 3.63) is 82.3 Å². The molecule has 1 aliphatic rings. The molecule has 0 fully saturated rings. The van der Waals surface area contributed by atoms with Crippen LogP contribution in [0.15, 0.2) is 60.7 Å². The Bertz CT molecular complexity index is 1420. The molecular formula is C27H25Cl2N5O4. The van der Waals surface area contributed by atoms with E-state index in [0.29, 0.717) is 46.3 Å². The quantitative estimate of drug-likeness (QED) is 0.229. The Morgan fingerprint density at radius 1 is 1.16 bits per heavy atom. The first kappa shape index (κ1) is 27.0. The molecule has 4 N–H and O–H groups in total. The molecule has 11 heteroatoms. The highest BCUT2D eigenvalue weighted by molar-refractivity contribution is 6.32. The lowest BCUT2D eigenvalue weighted by Gasteiger charge is -2.14. The van der Waals surface area contributed by atoms with Crippen LogP contribution in [-0.4, -0.2) is 35.0 Å². The molecule has 0 aliphatic carbocycles. The maximum Gasteiger partial charge on any atom is 0.411 e. The van der Waals surface area contributed by atoms with Gasteiger partial charge in [0.25, 0.3) is 0 Å². The standard InChI is InChI=1S/C27H25Cl2N5O4/c1-38-27(37)30-18-11-12-19-21(15-18)32-22(35)9-4-2-3-8-20(26-33-24(19)25(29)34-26)31-23(36)13-10-16-6-5-7-17(28)14-16/h2-3,5-7,10-15,20H,4,8-9H2,1H3,(H,30,37)(H,31,36)(H,32,35)(H,33,34)/b3-2-,13-10+/t20-/m0/s1. The van der Waals surface area contributed by atoms with Gasteiger partial charge < -0.3 is 20.4 Å². The number of fused-ring (bicyclic) bond motifs is 4. The number of allylic oxidation sites excluding steroid dienone is 1. The average Bonchev–Trinajstić information content (AvgIpc) is 3.27. The van der Waals surface area contributed by atoms with E-state index in [1.165, 1.54) is 13.2 Å². The van der Waals surface area contributed by atoms with Crippen molar-refractivity contribution in [3.63, 3.8) is 0 Å². The first-order valence-corrected chi connectivity index (χ1v) is 12.5. The molecule has 196 valence electrons. The van der Waals surface area contributed by atoms with Gasteiger partial charge >= 0.3 is 6.09 Å². The third kappa shape index (κ3) is 7.02. The van der Waals surface area contributed by atoms with E-state index in [9.17, 15) is 14.4 Å². The van der Waals surface area contributed by atoms with E-state index < -0.39 is 12.1 Å². The summed E-state index contributed by atoms with van der Waals surface area (Å²) in [7, 11) is 1.26. The second kappa shape index (κ2) is 12.4. The Kier molecular flexibility index (Phi) is 8.83. The first-order valence-electron chi connectivity index (χ1n) is 11.8. The molecule has 4 rings (SSSR count). The van der Waals surface area contributed by atoms with Gasteiger partial charge in [-0.3, -0.25) is 14.9 Å². The van der Waals surface area contributed by atoms with Crippen LogP contribution >= 0.6 is 23.2 Å². The lowest BCUT2D eigenvalue weighted by Crippen LogP contribution is -2.27. The molecule has 0 radical (unpaired) electrons. The molecule has 1 aromatic heterocycles. The molecule has 0 saturated heterocycles. The van der Waals surface area contributed by atoms with Crippen molar-refractivity contribution >= 4 is 58.6 Å². The number of ether oxygens (including phenoxy) is 1. The fraction of sp³-hybridized carbons (Fsp3) is 0.185. The first-order chi connectivity index (χ1) is 18.3. The molecule has 2 bridgehead atoms. The van der Waals surface area contributed by atoms with Gasteiger partial charge in [0.05, 0.1) is 18.8 Å². The Morgan fingerprint density at radius 2 is 2.00 bits per heavy atom. The fourth-order valence-electron chi connectivity index (χ4n) is 3.83. The van der Waals surface area contributed by atoms with Gasteiger partial charge in [0.1, 0.15) is 16.7 Å². The van der Waals surface area contributed by atoms with Crippen molar-refractivity contribution < 1.29 is 19.1 Å². The predicted octanol–water partition coefficient (Wildman–Crippen LogP) is 6.11. The topological polar surface area (TPSA) is 125 Å². The normalized spacial score (nSPS) is 16.3. The predicted molar refractivity (Wildman–Crippen MR) is 148 cm³/mol. The van der Waals surface area contributed by atoms with Crippen LogP contribution in [0.3, 0.4) is 0 Å². The van der Waals surface area contributed by atoms with Crippen LogP contribution in [0.4, 0.5) is 16.2 Å². The smallest absolute Gasteiger partial charge is 0.411 e. The number of nitrogens with one attached hydrogen (secondary N) is 4. The third-order valence-corrected chi connectivity index (χ3v) is 6.17. The largest absolute Gasteiger partial charge is 0.453 e. The number of imidazole rings is 1. The van der Waals surface area contributed by atoms with E-state index in [2.05, 4.69) is 30.7 Å². The Hall–Kier alpha value is -4.08. The van der Waals surface area contributed by atoms with Crippen molar-refractivity contribution in [3.8, 4) is 11.3 Å². The molecular weight excluding hydrogens is 529 g/mol. The minimum absolute atomic E-state index is 0.215. The number of aromatic nitrogens is 2. The summed E-state index contributed by atoms with van der Waals surface area (Å²) in [5.74, 6) is -0.0850. The minimum Gasteiger partial charge on any atom is -0.453 e. The fourth-order valence-corrected chi connectivity index (χ4v) is 4.27. The van der Waals surface area contributed by atoms with Crippen molar-refractivity contribution in [2.45, 2.75) is 25.3 Å². The summed E-state index contributed by atoms with van der Waals surface area (Å²) < 4.78 is 4.65. The zero-order valence-electron chi connectivity index (χ0n) is 20.4. The Morgan fingerprint density at radius 3 is 2.79 bits per heavy atom. The molecule has 3 aromatic rings. The number of methoxy groups -OCH3 is 1. The van der Waals surface area contributed by atoms with Gasteiger partial charge in [0.2, 0.25) is 11.8 Å². The van der Waals surface area contributed by atoms with Crippen molar-refractivity contribution in [2.24, 2.45) is 0 Å². The number of halogens is 2. The molecule has 3 amide bonds. The second-order valence-corrected chi connectivity index (χ2v) is 9.22. The monoisotopic (exact) mass is 553 g/mol. The van der Waals surface area contributed by atoms with E-state index in [0.717, 1.165) is 5.56 Å². The number of H-pyrrole nitrogens is 1. The highest BCUT2D eigenvalue weighted by Crippen LogP contribution is 2.35. The number of benzene rings is 2. The lowest BCUT2D eigenvalue weighted by molar-refractivity contribution is -0.117. The molecule has 9 nitrogen and oxygen atoms in total. The number of carbonyl (C=O) groups is 3. The van der Waals surface area contributed by atoms with Gasteiger partial charge in [0, 0.05) is 28.8 Å². The number of rotatable bonds is 4. The molecule has 2 aromatic carbocycles. The van der Waals surface area contributed by atoms with E-state index in [4.69, 9.17) is 23.2 Å². The summed E-state index contributed by atoms with van der Waals surface area (Å²) in [5.41, 5.74) is 2.55. The number of hydrogen-bond donors (Lipinski definition) is 4. The van der Waals surface area contributed by atoms with E-state index >= 15 is 0 Å². The average molecular weight is 554 g/mol.